The Labute approximate surface area is 122 Å². The van der Waals surface area contributed by atoms with Crippen LogP contribution in [0.3, 0.4) is 0 Å². The van der Waals surface area contributed by atoms with Crippen molar-refractivity contribution < 1.29 is 14.0 Å². The molecule has 2 fully saturated rings. The third-order valence-corrected chi connectivity index (χ3v) is 5.17. The number of amides is 2. The molecule has 6 heteroatoms. The molecule has 0 spiro atoms. The standard InChI is InChI=1S/C15H18FN3O2/c1-17-12-7-18(14(20)9-5-10(16)6-9)8-13(12)19-4-2-3-11(19)15(17)21/h2-4,9-10,12-13H,5-8H2,1H3. The van der Waals surface area contributed by atoms with Gasteiger partial charge in [0.25, 0.3) is 5.91 Å². The van der Waals surface area contributed by atoms with Crippen LogP contribution in [0.5, 0.6) is 0 Å². The molecule has 3 aliphatic rings. The summed E-state index contributed by atoms with van der Waals surface area (Å²) >= 11 is 0. The molecule has 0 aromatic carbocycles. The number of nitrogens with zero attached hydrogens (tertiary/aromatic N) is 3. The molecule has 1 saturated heterocycles. The van der Waals surface area contributed by atoms with Crippen LogP contribution in [-0.4, -0.2) is 58.5 Å². The minimum absolute atomic E-state index is 0.00279. The van der Waals surface area contributed by atoms with E-state index in [0.717, 1.165) is 0 Å². The van der Waals surface area contributed by atoms with E-state index in [4.69, 9.17) is 0 Å². The summed E-state index contributed by atoms with van der Waals surface area (Å²) in [4.78, 5) is 28.2. The van der Waals surface area contributed by atoms with Crippen molar-refractivity contribution in [2.45, 2.75) is 31.1 Å². The van der Waals surface area contributed by atoms with Gasteiger partial charge in [0.05, 0.1) is 12.1 Å². The van der Waals surface area contributed by atoms with Crippen LogP contribution in [0.2, 0.25) is 0 Å². The number of carbonyl (C=O) groups is 2. The smallest absolute Gasteiger partial charge is 0.270 e. The Morgan fingerprint density at radius 2 is 2.00 bits per heavy atom. The fraction of sp³-hybridized carbons (Fsp3) is 0.600. The minimum Gasteiger partial charge on any atom is -0.338 e. The number of aromatic nitrogens is 1. The van der Waals surface area contributed by atoms with Gasteiger partial charge in [0.15, 0.2) is 0 Å². The molecule has 21 heavy (non-hydrogen) atoms. The lowest BCUT2D eigenvalue weighted by atomic mass is 9.82. The zero-order chi connectivity index (χ0) is 14.7. The third kappa shape index (κ3) is 1.74. The van der Waals surface area contributed by atoms with Gasteiger partial charge in [0, 0.05) is 32.3 Å². The molecule has 1 aromatic heterocycles. The first-order chi connectivity index (χ1) is 10.1. The van der Waals surface area contributed by atoms with Gasteiger partial charge in [-0.15, -0.1) is 0 Å². The molecular formula is C15H18FN3O2. The van der Waals surface area contributed by atoms with E-state index in [9.17, 15) is 14.0 Å². The topological polar surface area (TPSA) is 45.6 Å². The van der Waals surface area contributed by atoms with Gasteiger partial charge in [-0.25, -0.2) is 4.39 Å². The molecule has 0 N–H and O–H groups in total. The quantitative estimate of drug-likeness (QED) is 0.777. The summed E-state index contributed by atoms with van der Waals surface area (Å²) < 4.78 is 14.9. The highest BCUT2D eigenvalue weighted by atomic mass is 19.1. The summed E-state index contributed by atoms with van der Waals surface area (Å²) in [7, 11) is 1.80. The summed E-state index contributed by atoms with van der Waals surface area (Å²) in [6.07, 6.45) is 1.80. The van der Waals surface area contributed by atoms with Gasteiger partial charge in [0.2, 0.25) is 5.91 Å². The molecule has 112 valence electrons. The number of likely N-dealkylation sites (N-methyl/N-ethyl adjacent to an activating group) is 1. The van der Waals surface area contributed by atoms with Crippen molar-refractivity contribution in [3.63, 3.8) is 0 Å². The predicted molar refractivity (Wildman–Crippen MR) is 73.6 cm³/mol. The summed E-state index contributed by atoms with van der Waals surface area (Å²) in [6, 6.07) is 3.82. The number of hydrogen-bond acceptors (Lipinski definition) is 2. The van der Waals surface area contributed by atoms with Crippen LogP contribution in [0.15, 0.2) is 18.3 Å². The van der Waals surface area contributed by atoms with E-state index in [1.54, 1.807) is 11.9 Å². The monoisotopic (exact) mass is 291 g/mol. The fourth-order valence-corrected chi connectivity index (χ4v) is 3.81. The van der Waals surface area contributed by atoms with Gasteiger partial charge in [0.1, 0.15) is 11.9 Å². The van der Waals surface area contributed by atoms with Crippen molar-refractivity contribution in [3.05, 3.63) is 24.0 Å². The van der Waals surface area contributed by atoms with Gasteiger partial charge in [-0.1, -0.05) is 0 Å². The Bertz CT molecular complexity index is 608. The predicted octanol–water partition coefficient (Wildman–Crippen LogP) is 1.07. The molecule has 1 aliphatic carbocycles. The molecule has 3 heterocycles. The summed E-state index contributed by atoms with van der Waals surface area (Å²) in [5, 5.41) is 0. The van der Waals surface area contributed by atoms with E-state index < -0.39 is 6.17 Å². The van der Waals surface area contributed by atoms with Crippen molar-refractivity contribution in [3.8, 4) is 0 Å². The number of halogens is 1. The number of fused-ring (bicyclic) bond motifs is 3. The first kappa shape index (κ1) is 12.9. The Morgan fingerprint density at radius 1 is 1.29 bits per heavy atom. The van der Waals surface area contributed by atoms with Gasteiger partial charge in [-0.2, -0.15) is 0 Å². The van der Waals surface area contributed by atoms with Crippen LogP contribution in [0.1, 0.15) is 29.4 Å². The van der Waals surface area contributed by atoms with E-state index in [0.29, 0.717) is 31.6 Å². The second kappa shape index (κ2) is 4.32. The number of hydrogen-bond donors (Lipinski definition) is 0. The second-order valence-corrected chi connectivity index (χ2v) is 6.36. The van der Waals surface area contributed by atoms with Crippen molar-refractivity contribution in [2.24, 2.45) is 5.92 Å². The first-order valence-electron chi connectivity index (χ1n) is 7.43. The van der Waals surface area contributed by atoms with Gasteiger partial charge >= 0.3 is 0 Å². The highest BCUT2D eigenvalue weighted by Gasteiger charge is 2.47. The number of alkyl halides is 1. The Hall–Kier alpha value is -1.85. The van der Waals surface area contributed by atoms with Gasteiger partial charge in [-0.3, -0.25) is 9.59 Å². The lowest BCUT2D eigenvalue weighted by Gasteiger charge is -2.35. The molecular weight excluding hydrogens is 273 g/mol. The lowest BCUT2D eigenvalue weighted by Crippen LogP contribution is -2.48. The van der Waals surface area contributed by atoms with Crippen molar-refractivity contribution >= 4 is 11.8 Å². The molecule has 1 saturated carbocycles. The average Bonchev–Trinajstić information content (AvgIpc) is 3.06. The maximum atomic E-state index is 13.0. The van der Waals surface area contributed by atoms with Crippen LogP contribution < -0.4 is 0 Å². The number of likely N-dealkylation sites (tertiary alicyclic amines) is 1. The van der Waals surface area contributed by atoms with Crippen LogP contribution in [0, 0.1) is 5.92 Å². The molecule has 0 radical (unpaired) electrons. The fourth-order valence-electron chi connectivity index (χ4n) is 3.81. The molecule has 2 amide bonds. The second-order valence-electron chi connectivity index (χ2n) is 6.36. The van der Waals surface area contributed by atoms with E-state index in [1.165, 1.54) is 0 Å². The Morgan fingerprint density at radius 3 is 2.71 bits per heavy atom. The zero-order valence-corrected chi connectivity index (χ0v) is 11.9. The molecule has 4 rings (SSSR count). The molecule has 2 atom stereocenters. The van der Waals surface area contributed by atoms with E-state index in [1.807, 2.05) is 27.8 Å². The lowest BCUT2D eigenvalue weighted by molar-refractivity contribution is -0.139. The van der Waals surface area contributed by atoms with E-state index in [-0.39, 0.29) is 29.8 Å². The summed E-state index contributed by atoms with van der Waals surface area (Å²) in [5.41, 5.74) is 0.681. The zero-order valence-electron chi connectivity index (χ0n) is 11.9. The molecule has 2 unspecified atom stereocenters. The van der Waals surface area contributed by atoms with Crippen LogP contribution in [0.4, 0.5) is 4.39 Å². The summed E-state index contributed by atoms with van der Waals surface area (Å²) in [5.74, 6) is -0.110. The van der Waals surface area contributed by atoms with Gasteiger partial charge in [-0.05, 0) is 25.0 Å². The van der Waals surface area contributed by atoms with Crippen molar-refractivity contribution in [1.82, 2.24) is 14.4 Å². The SMILES string of the molecule is CN1C(=O)c2cccn2C2CN(C(=O)C3CC(F)C3)CC21. The van der Waals surface area contributed by atoms with Crippen molar-refractivity contribution in [1.29, 1.82) is 0 Å². The normalized spacial score (nSPS) is 34.5. The minimum atomic E-state index is -0.816. The van der Waals surface area contributed by atoms with Crippen LogP contribution in [0.25, 0.3) is 0 Å². The Balaban J connectivity index is 1.58. The van der Waals surface area contributed by atoms with Crippen molar-refractivity contribution in [2.75, 3.05) is 20.1 Å². The maximum Gasteiger partial charge on any atom is 0.270 e. The van der Waals surface area contributed by atoms with Crippen LogP contribution >= 0.6 is 0 Å². The third-order valence-electron chi connectivity index (χ3n) is 5.17. The van der Waals surface area contributed by atoms with E-state index in [2.05, 4.69) is 0 Å². The first-order valence-corrected chi connectivity index (χ1v) is 7.43. The Kier molecular flexibility index (Phi) is 2.65. The largest absolute Gasteiger partial charge is 0.338 e. The average molecular weight is 291 g/mol. The number of carbonyl (C=O) groups excluding carboxylic acids is 2. The highest BCUT2D eigenvalue weighted by Crippen LogP contribution is 2.37. The van der Waals surface area contributed by atoms with Crippen LogP contribution in [-0.2, 0) is 4.79 Å². The number of rotatable bonds is 1. The summed E-state index contributed by atoms with van der Waals surface area (Å²) in [6.45, 7) is 1.16. The maximum absolute atomic E-state index is 13.0. The highest BCUT2D eigenvalue weighted by molar-refractivity contribution is 5.94. The molecule has 0 bridgehead atoms. The molecule has 2 aliphatic heterocycles. The van der Waals surface area contributed by atoms with Gasteiger partial charge < -0.3 is 14.4 Å². The molecule has 5 nitrogen and oxygen atoms in total. The van der Waals surface area contributed by atoms with E-state index >= 15 is 0 Å². The molecule has 1 aromatic rings.